The Hall–Kier alpha value is -1.68. The van der Waals surface area contributed by atoms with Crippen molar-refractivity contribution in [2.75, 3.05) is 13.7 Å². The first-order valence-corrected chi connectivity index (χ1v) is 7.05. The number of aryl methyl sites for hydroxylation is 1. The van der Waals surface area contributed by atoms with Crippen LogP contribution in [-0.4, -0.2) is 31.4 Å². The van der Waals surface area contributed by atoms with Gasteiger partial charge < -0.3 is 10.1 Å². The van der Waals surface area contributed by atoms with E-state index in [1.54, 1.807) is 0 Å². The highest BCUT2D eigenvalue weighted by Gasteiger charge is 2.22. The van der Waals surface area contributed by atoms with E-state index in [9.17, 15) is 9.59 Å². The lowest BCUT2D eigenvalue weighted by Gasteiger charge is -2.16. The van der Waals surface area contributed by atoms with Crippen molar-refractivity contribution in [3.8, 4) is 0 Å². The minimum Gasteiger partial charge on any atom is -0.469 e. The highest BCUT2D eigenvalue weighted by Crippen LogP contribution is 2.10. The van der Waals surface area contributed by atoms with Gasteiger partial charge in [0.1, 0.15) is 0 Å². The third kappa shape index (κ3) is 4.78. The molecular weight excluding hydrogens is 254 g/mol. The SMILES string of the molecule is CCCNC(CC(=O)OC)C(=O)c1ccc(CC)cc1. The Balaban J connectivity index is 2.81. The molecule has 0 fully saturated rings. The fourth-order valence-corrected chi connectivity index (χ4v) is 1.93. The summed E-state index contributed by atoms with van der Waals surface area (Å²) in [7, 11) is 1.33. The maximum Gasteiger partial charge on any atom is 0.307 e. The second kappa shape index (κ2) is 8.48. The lowest BCUT2D eigenvalue weighted by atomic mass is 9.99. The van der Waals surface area contributed by atoms with E-state index >= 15 is 0 Å². The molecule has 20 heavy (non-hydrogen) atoms. The van der Waals surface area contributed by atoms with Gasteiger partial charge in [-0.25, -0.2) is 0 Å². The molecule has 1 N–H and O–H groups in total. The van der Waals surface area contributed by atoms with Crippen molar-refractivity contribution >= 4 is 11.8 Å². The molecule has 1 rings (SSSR count). The number of ether oxygens (including phenoxy) is 1. The zero-order chi connectivity index (χ0) is 15.0. The number of hydrogen-bond acceptors (Lipinski definition) is 4. The summed E-state index contributed by atoms with van der Waals surface area (Å²) in [5.74, 6) is -0.441. The quantitative estimate of drug-likeness (QED) is 0.585. The number of methoxy groups -OCH3 is 1. The zero-order valence-corrected chi connectivity index (χ0v) is 12.4. The van der Waals surface area contributed by atoms with Crippen molar-refractivity contribution in [1.29, 1.82) is 0 Å². The molecule has 0 radical (unpaired) electrons. The van der Waals surface area contributed by atoms with Crippen molar-refractivity contribution in [3.63, 3.8) is 0 Å². The maximum atomic E-state index is 12.4. The second-order valence-electron chi connectivity index (χ2n) is 4.70. The molecule has 1 atom stereocenters. The van der Waals surface area contributed by atoms with Gasteiger partial charge in [-0.3, -0.25) is 9.59 Å². The van der Waals surface area contributed by atoms with Crippen molar-refractivity contribution < 1.29 is 14.3 Å². The fraction of sp³-hybridized carbons (Fsp3) is 0.500. The summed E-state index contributed by atoms with van der Waals surface area (Å²) >= 11 is 0. The van der Waals surface area contributed by atoms with Gasteiger partial charge in [0.2, 0.25) is 0 Å². The number of esters is 1. The molecule has 0 aliphatic rings. The van der Waals surface area contributed by atoms with E-state index in [0.717, 1.165) is 12.8 Å². The third-order valence-corrected chi connectivity index (χ3v) is 3.20. The number of benzene rings is 1. The molecule has 1 aromatic carbocycles. The van der Waals surface area contributed by atoms with Crippen LogP contribution in [0.4, 0.5) is 0 Å². The molecule has 0 amide bonds. The zero-order valence-electron chi connectivity index (χ0n) is 12.4. The summed E-state index contributed by atoms with van der Waals surface area (Å²) < 4.78 is 4.65. The van der Waals surface area contributed by atoms with Crippen LogP contribution in [0.2, 0.25) is 0 Å². The van der Waals surface area contributed by atoms with Gasteiger partial charge in [-0.05, 0) is 24.9 Å². The van der Waals surface area contributed by atoms with Crippen LogP contribution in [0.25, 0.3) is 0 Å². The highest BCUT2D eigenvalue weighted by atomic mass is 16.5. The summed E-state index contributed by atoms with van der Waals surface area (Å²) in [4.78, 5) is 23.8. The molecule has 0 aromatic heterocycles. The van der Waals surface area contributed by atoms with Gasteiger partial charge in [0.15, 0.2) is 5.78 Å². The van der Waals surface area contributed by atoms with Crippen molar-refractivity contribution in [1.82, 2.24) is 5.32 Å². The van der Waals surface area contributed by atoms with E-state index < -0.39 is 6.04 Å². The number of carbonyl (C=O) groups is 2. The average Bonchev–Trinajstić information content (AvgIpc) is 2.50. The van der Waals surface area contributed by atoms with Crippen LogP contribution in [0, 0.1) is 0 Å². The Morgan fingerprint density at radius 1 is 1.20 bits per heavy atom. The molecular formula is C16H23NO3. The predicted octanol–water partition coefficient (Wildman–Crippen LogP) is 2.36. The normalized spacial score (nSPS) is 11.9. The molecule has 0 bridgehead atoms. The van der Waals surface area contributed by atoms with Gasteiger partial charge in [0, 0.05) is 5.56 Å². The molecule has 110 valence electrons. The number of hydrogen-bond donors (Lipinski definition) is 1. The van der Waals surface area contributed by atoms with E-state index in [2.05, 4.69) is 17.0 Å². The standard InChI is InChI=1S/C16H23NO3/c1-4-10-17-14(11-15(18)20-3)16(19)13-8-6-12(5-2)7-9-13/h6-9,14,17H,4-5,10-11H2,1-3H3. The number of nitrogens with one attached hydrogen (secondary N) is 1. The smallest absolute Gasteiger partial charge is 0.307 e. The molecule has 4 nitrogen and oxygen atoms in total. The van der Waals surface area contributed by atoms with Crippen LogP contribution < -0.4 is 5.32 Å². The fourth-order valence-electron chi connectivity index (χ4n) is 1.93. The maximum absolute atomic E-state index is 12.4. The van der Waals surface area contributed by atoms with Crippen LogP contribution in [0.1, 0.15) is 42.6 Å². The second-order valence-corrected chi connectivity index (χ2v) is 4.70. The van der Waals surface area contributed by atoms with Crippen molar-refractivity contribution in [3.05, 3.63) is 35.4 Å². The summed E-state index contributed by atoms with van der Waals surface area (Å²) in [6.45, 7) is 4.78. The van der Waals surface area contributed by atoms with Crippen molar-refractivity contribution in [2.24, 2.45) is 0 Å². The Kier molecular flexibility index (Phi) is 6.94. The molecule has 0 aliphatic heterocycles. The Morgan fingerprint density at radius 3 is 2.35 bits per heavy atom. The van der Waals surface area contributed by atoms with Crippen LogP contribution in [0.5, 0.6) is 0 Å². The highest BCUT2D eigenvalue weighted by molar-refractivity contribution is 6.01. The van der Waals surface area contributed by atoms with Gasteiger partial charge >= 0.3 is 5.97 Å². The lowest BCUT2D eigenvalue weighted by Crippen LogP contribution is -2.39. The van der Waals surface area contributed by atoms with Gasteiger partial charge in [0.05, 0.1) is 19.6 Å². The van der Waals surface area contributed by atoms with E-state index in [4.69, 9.17) is 0 Å². The summed E-state index contributed by atoms with van der Waals surface area (Å²) in [6.07, 6.45) is 1.90. The summed E-state index contributed by atoms with van der Waals surface area (Å²) in [5.41, 5.74) is 1.81. The van der Waals surface area contributed by atoms with Crippen LogP contribution in [0.15, 0.2) is 24.3 Å². The number of carbonyl (C=O) groups excluding carboxylic acids is 2. The molecule has 0 saturated carbocycles. The average molecular weight is 277 g/mol. The number of rotatable bonds is 8. The van der Waals surface area contributed by atoms with E-state index in [1.807, 2.05) is 31.2 Å². The number of ketones is 1. The molecule has 0 spiro atoms. The third-order valence-electron chi connectivity index (χ3n) is 3.20. The first-order valence-electron chi connectivity index (χ1n) is 7.05. The first-order chi connectivity index (χ1) is 9.62. The summed E-state index contributed by atoms with van der Waals surface area (Å²) in [6, 6.07) is 7.01. The Bertz CT molecular complexity index is 440. The van der Waals surface area contributed by atoms with E-state index in [1.165, 1.54) is 12.7 Å². The summed E-state index contributed by atoms with van der Waals surface area (Å²) in [5, 5.41) is 3.11. The molecule has 0 aliphatic carbocycles. The van der Waals surface area contributed by atoms with E-state index in [0.29, 0.717) is 12.1 Å². The molecule has 4 heteroatoms. The van der Waals surface area contributed by atoms with Crippen LogP contribution >= 0.6 is 0 Å². The topological polar surface area (TPSA) is 55.4 Å². The molecule has 0 heterocycles. The largest absolute Gasteiger partial charge is 0.469 e. The van der Waals surface area contributed by atoms with Gasteiger partial charge in [-0.2, -0.15) is 0 Å². The molecule has 0 saturated heterocycles. The van der Waals surface area contributed by atoms with Crippen LogP contribution in [-0.2, 0) is 16.0 Å². The van der Waals surface area contributed by atoms with Gasteiger partial charge in [-0.15, -0.1) is 0 Å². The van der Waals surface area contributed by atoms with Gasteiger partial charge in [-0.1, -0.05) is 38.1 Å². The molecule has 1 unspecified atom stereocenters. The monoisotopic (exact) mass is 277 g/mol. The minimum absolute atomic E-state index is 0.0604. The minimum atomic E-state index is -0.519. The lowest BCUT2D eigenvalue weighted by molar-refractivity contribution is -0.140. The first kappa shape index (κ1) is 16.4. The van der Waals surface area contributed by atoms with Crippen LogP contribution in [0.3, 0.4) is 0 Å². The van der Waals surface area contributed by atoms with E-state index in [-0.39, 0.29) is 18.2 Å². The Morgan fingerprint density at radius 2 is 1.85 bits per heavy atom. The molecule has 1 aromatic rings. The number of Topliss-reactive ketones (excluding diaryl/α,β-unsaturated/α-hetero) is 1. The van der Waals surface area contributed by atoms with Crippen molar-refractivity contribution in [2.45, 2.75) is 39.2 Å². The predicted molar refractivity (Wildman–Crippen MR) is 78.9 cm³/mol. The van der Waals surface area contributed by atoms with Gasteiger partial charge in [0.25, 0.3) is 0 Å². The Labute approximate surface area is 120 Å².